The van der Waals surface area contributed by atoms with Crippen LogP contribution in [0.5, 0.6) is 0 Å². The van der Waals surface area contributed by atoms with Crippen molar-refractivity contribution in [3.8, 4) is 0 Å². The molecule has 1 aliphatic heterocycles. The predicted octanol–water partition coefficient (Wildman–Crippen LogP) is 3.10. The zero-order valence-corrected chi connectivity index (χ0v) is 20.3. The lowest BCUT2D eigenvalue weighted by Crippen LogP contribution is -2.46. The van der Waals surface area contributed by atoms with Crippen LogP contribution in [-0.2, 0) is 0 Å². The molecule has 0 saturated carbocycles. The topological polar surface area (TPSA) is 117 Å². The van der Waals surface area contributed by atoms with Gasteiger partial charge >= 0.3 is 0 Å². The second-order valence-corrected chi connectivity index (χ2v) is 9.10. The van der Waals surface area contributed by atoms with Crippen molar-refractivity contribution in [3.63, 3.8) is 0 Å². The van der Waals surface area contributed by atoms with E-state index in [1.165, 1.54) is 0 Å². The van der Waals surface area contributed by atoms with E-state index in [9.17, 15) is 9.59 Å². The summed E-state index contributed by atoms with van der Waals surface area (Å²) in [5, 5.41) is 7.15. The zero-order chi connectivity index (χ0) is 24.7. The number of anilines is 2. The minimum Gasteiger partial charge on any atom is -0.336 e. The molecule has 5 rings (SSSR count). The molecule has 4 aromatic rings. The van der Waals surface area contributed by atoms with Gasteiger partial charge in [-0.15, -0.1) is 0 Å². The molecule has 180 valence electrons. The molecule has 1 amide bonds. The minimum atomic E-state index is -0.0443. The molecule has 0 atom stereocenters. The maximum Gasteiger partial charge on any atom is 0.255 e. The predicted molar refractivity (Wildman–Crippen MR) is 133 cm³/mol. The number of rotatable bonds is 5. The summed E-state index contributed by atoms with van der Waals surface area (Å²) >= 11 is 0. The van der Waals surface area contributed by atoms with Crippen molar-refractivity contribution in [2.45, 2.75) is 33.6 Å². The van der Waals surface area contributed by atoms with E-state index in [1.807, 2.05) is 22.4 Å². The highest BCUT2D eigenvalue weighted by atomic mass is 16.2. The molecule has 0 unspecified atom stereocenters. The molecule has 0 aliphatic carbocycles. The van der Waals surface area contributed by atoms with Gasteiger partial charge in [-0.3, -0.25) is 14.0 Å². The summed E-state index contributed by atoms with van der Waals surface area (Å²) in [5.41, 5.74) is 4.08. The first kappa shape index (κ1) is 22.9. The van der Waals surface area contributed by atoms with Gasteiger partial charge in [0.15, 0.2) is 11.4 Å². The van der Waals surface area contributed by atoms with Crippen LogP contribution in [0.4, 0.5) is 11.8 Å². The number of piperazine rings is 1. The van der Waals surface area contributed by atoms with Crippen LogP contribution in [0.15, 0.2) is 30.7 Å². The quantitative estimate of drug-likeness (QED) is 0.426. The SMILES string of the molecule is CC(=O)c1c(C)c2cnc(Nc3ccc(C(=O)N4CCNCC4)cn3)nc2n2cc(C(C)C)nc12. The van der Waals surface area contributed by atoms with Crippen LogP contribution in [-0.4, -0.2) is 67.1 Å². The largest absolute Gasteiger partial charge is 0.336 e. The van der Waals surface area contributed by atoms with Crippen molar-refractivity contribution in [3.05, 3.63) is 53.1 Å². The van der Waals surface area contributed by atoms with E-state index in [0.29, 0.717) is 47.3 Å². The maximum absolute atomic E-state index is 12.7. The smallest absolute Gasteiger partial charge is 0.255 e. The van der Waals surface area contributed by atoms with Crippen LogP contribution in [0.3, 0.4) is 0 Å². The zero-order valence-electron chi connectivity index (χ0n) is 20.3. The number of aryl methyl sites for hydroxylation is 1. The van der Waals surface area contributed by atoms with Gasteiger partial charge in [0.05, 0.1) is 16.8 Å². The number of amides is 1. The average molecular weight is 473 g/mol. The van der Waals surface area contributed by atoms with Crippen LogP contribution < -0.4 is 10.6 Å². The Bertz CT molecular complexity index is 1440. The number of carbonyl (C=O) groups excluding carboxylic acids is 2. The summed E-state index contributed by atoms with van der Waals surface area (Å²) in [6.45, 7) is 10.6. The molecule has 10 heteroatoms. The van der Waals surface area contributed by atoms with Crippen molar-refractivity contribution >= 4 is 40.1 Å². The molecule has 2 N–H and O–H groups in total. The van der Waals surface area contributed by atoms with E-state index in [1.54, 1.807) is 31.5 Å². The number of nitrogens with zero attached hydrogens (tertiary/aromatic N) is 6. The van der Waals surface area contributed by atoms with Crippen LogP contribution in [0, 0.1) is 6.92 Å². The molecule has 0 bridgehead atoms. The number of ketones is 1. The molecule has 1 saturated heterocycles. The molecule has 4 aromatic heterocycles. The summed E-state index contributed by atoms with van der Waals surface area (Å²) < 4.78 is 1.87. The van der Waals surface area contributed by atoms with Crippen LogP contribution >= 0.6 is 0 Å². The molecular formula is C25H28N8O2. The van der Waals surface area contributed by atoms with Gasteiger partial charge < -0.3 is 15.5 Å². The fraction of sp³-hybridized carbons (Fsp3) is 0.360. The van der Waals surface area contributed by atoms with Crippen molar-refractivity contribution in [1.82, 2.24) is 34.6 Å². The first-order valence-electron chi connectivity index (χ1n) is 11.8. The lowest BCUT2D eigenvalue weighted by atomic mass is 10.0. The molecule has 0 spiro atoms. The molecule has 35 heavy (non-hydrogen) atoms. The molecule has 0 aromatic carbocycles. The van der Waals surface area contributed by atoms with Crippen LogP contribution in [0.1, 0.15) is 58.7 Å². The summed E-state index contributed by atoms with van der Waals surface area (Å²) in [6, 6.07) is 3.50. The summed E-state index contributed by atoms with van der Waals surface area (Å²) in [4.78, 5) is 45.3. The highest BCUT2D eigenvalue weighted by Crippen LogP contribution is 2.28. The van der Waals surface area contributed by atoms with Gasteiger partial charge in [-0.2, -0.15) is 4.98 Å². The molecule has 1 aliphatic rings. The summed E-state index contributed by atoms with van der Waals surface area (Å²) in [7, 11) is 0. The third kappa shape index (κ3) is 4.21. The minimum absolute atomic E-state index is 0.0206. The monoisotopic (exact) mass is 472 g/mol. The maximum atomic E-state index is 12.7. The summed E-state index contributed by atoms with van der Waals surface area (Å²) in [6.07, 6.45) is 5.21. The van der Waals surface area contributed by atoms with Crippen LogP contribution in [0.2, 0.25) is 0 Å². The highest BCUT2D eigenvalue weighted by Gasteiger charge is 2.21. The normalized spacial score (nSPS) is 14.1. The Balaban J connectivity index is 1.48. The Morgan fingerprint density at radius 2 is 1.83 bits per heavy atom. The van der Waals surface area contributed by atoms with Crippen LogP contribution in [0.25, 0.3) is 16.7 Å². The summed E-state index contributed by atoms with van der Waals surface area (Å²) in [5.74, 6) is 1.03. The number of imidazole rings is 1. The highest BCUT2D eigenvalue weighted by molar-refractivity contribution is 6.05. The molecule has 5 heterocycles. The Kier molecular flexibility index (Phi) is 5.89. The third-order valence-electron chi connectivity index (χ3n) is 6.32. The van der Waals surface area contributed by atoms with E-state index < -0.39 is 0 Å². The van der Waals surface area contributed by atoms with Crippen molar-refractivity contribution < 1.29 is 9.59 Å². The van der Waals surface area contributed by atoms with Gasteiger partial charge in [-0.25, -0.2) is 15.0 Å². The molecule has 0 radical (unpaired) electrons. The number of hydrogen-bond acceptors (Lipinski definition) is 8. The number of hydrogen-bond donors (Lipinski definition) is 2. The fourth-order valence-electron chi connectivity index (χ4n) is 4.38. The van der Waals surface area contributed by atoms with E-state index in [2.05, 4.69) is 34.4 Å². The number of Topliss-reactive ketones (excluding diaryl/α,β-unsaturated/α-hetero) is 1. The molecule has 1 fully saturated rings. The van der Waals surface area contributed by atoms with E-state index in [4.69, 9.17) is 9.97 Å². The lowest BCUT2D eigenvalue weighted by Gasteiger charge is -2.27. The average Bonchev–Trinajstić information content (AvgIpc) is 3.30. The van der Waals surface area contributed by atoms with Gasteiger partial charge in [-0.05, 0) is 37.5 Å². The van der Waals surface area contributed by atoms with Gasteiger partial charge in [0.25, 0.3) is 5.91 Å². The van der Waals surface area contributed by atoms with E-state index >= 15 is 0 Å². The Morgan fingerprint density at radius 1 is 1.06 bits per heavy atom. The van der Waals surface area contributed by atoms with Gasteiger partial charge in [0.1, 0.15) is 11.5 Å². The number of fused-ring (bicyclic) bond motifs is 3. The third-order valence-corrected chi connectivity index (χ3v) is 6.32. The first-order valence-corrected chi connectivity index (χ1v) is 11.8. The molecule has 10 nitrogen and oxygen atoms in total. The van der Waals surface area contributed by atoms with Gasteiger partial charge in [0.2, 0.25) is 5.95 Å². The standard InChI is InChI=1S/C25H28N8O2/c1-14(2)19-13-33-22-18(15(3)21(16(4)34)23(33)29-19)12-28-25(31-22)30-20-6-5-17(11-27-20)24(35)32-9-7-26-8-10-32/h5-6,11-14,26H,7-10H2,1-4H3,(H,27,28,30,31). The first-order chi connectivity index (χ1) is 16.8. The lowest BCUT2D eigenvalue weighted by molar-refractivity contribution is 0.0735. The fourth-order valence-corrected chi connectivity index (χ4v) is 4.38. The van der Waals surface area contributed by atoms with Crippen molar-refractivity contribution in [2.24, 2.45) is 0 Å². The number of pyridine rings is 2. The van der Waals surface area contributed by atoms with Gasteiger partial charge in [0, 0.05) is 50.2 Å². The van der Waals surface area contributed by atoms with Crippen molar-refractivity contribution in [1.29, 1.82) is 0 Å². The van der Waals surface area contributed by atoms with Crippen molar-refractivity contribution in [2.75, 3.05) is 31.5 Å². The molecular weight excluding hydrogens is 444 g/mol. The van der Waals surface area contributed by atoms with Gasteiger partial charge in [-0.1, -0.05) is 13.8 Å². The van der Waals surface area contributed by atoms with E-state index in [-0.39, 0.29) is 17.6 Å². The Morgan fingerprint density at radius 3 is 2.49 bits per heavy atom. The second kappa shape index (κ2) is 9.03. The Hall–Kier alpha value is -3.92. The number of carbonyl (C=O) groups is 2. The Labute approximate surface area is 202 Å². The second-order valence-electron chi connectivity index (χ2n) is 9.10. The number of nitrogens with one attached hydrogen (secondary N) is 2. The number of aromatic nitrogens is 5. The van der Waals surface area contributed by atoms with E-state index in [0.717, 1.165) is 29.7 Å².